The van der Waals surface area contributed by atoms with E-state index in [-0.39, 0.29) is 129 Å². The predicted octanol–water partition coefficient (Wildman–Crippen LogP) is 25.9. The number of hydrogen-bond acceptors (Lipinski definition) is 11. The third kappa shape index (κ3) is 40.1. The number of benzene rings is 9. The third-order valence-corrected chi connectivity index (χ3v) is 16.6. The fraction of sp³-hybridized carbons (Fsp3) is 0.112. The van der Waals surface area contributed by atoms with Gasteiger partial charge in [0.1, 0.15) is 5.76 Å². The summed E-state index contributed by atoms with van der Waals surface area (Å²) in [6.07, 6.45) is 11.5. The first kappa shape index (κ1) is 106. The maximum absolute atomic E-state index is 11.5. The van der Waals surface area contributed by atoms with Crippen molar-refractivity contribution in [3.63, 3.8) is 0 Å². The number of carbonyl (C=O) groups excluding carboxylic acids is 2. The summed E-state index contributed by atoms with van der Waals surface area (Å²) in [6.45, 7) is 18.0. The van der Waals surface area contributed by atoms with Gasteiger partial charge in [0.15, 0.2) is 11.6 Å². The van der Waals surface area contributed by atoms with Crippen molar-refractivity contribution in [3.05, 3.63) is 454 Å². The molecule has 0 spiro atoms. The van der Waals surface area contributed by atoms with Crippen molar-refractivity contribution in [3.8, 4) is 101 Å². The molecule has 2 N–H and O–H groups in total. The van der Waals surface area contributed by atoms with Gasteiger partial charge >= 0.3 is 0 Å². The number of pyridine rings is 7. The summed E-state index contributed by atoms with van der Waals surface area (Å²) in [5.41, 5.74) is 20.2. The monoisotopic (exact) mass is 2510 g/mol. The van der Waals surface area contributed by atoms with Crippen LogP contribution in [0, 0.1) is 67.1 Å². The molecule has 123 heavy (non-hydrogen) atoms. The molecule has 7 aromatic heterocycles. The maximum Gasteiger partial charge on any atom is 0.164 e. The van der Waals surface area contributed by atoms with Gasteiger partial charge in [0.25, 0.3) is 0 Å². The van der Waals surface area contributed by atoms with Crippen LogP contribution in [0.4, 0.5) is 0 Å². The summed E-state index contributed by atoms with van der Waals surface area (Å²) in [5.74, 6) is 0.0415. The summed E-state index contributed by atoms with van der Waals surface area (Å²) >= 11 is 0. The van der Waals surface area contributed by atoms with E-state index in [4.69, 9.17) is 5.11 Å². The normalized spacial score (nSPS) is 10.1. The number of aromatic nitrogens is 7. The molecule has 9 aromatic carbocycles. The van der Waals surface area contributed by atoms with Crippen LogP contribution in [0.2, 0.25) is 0 Å². The van der Waals surface area contributed by atoms with E-state index < -0.39 is 5.41 Å². The zero-order chi connectivity index (χ0) is 84.0. The van der Waals surface area contributed by atoms with Gasteiger partial charge in [-0.3, -0.25) is 9.59 Å². The van der Waals surface area contributed by atoms with Crippen LogP contribution in [0.15, 0.2) is 400 Å². The molecule has 0 aliphatic rings. The number of hydrogen-bond donors (Lipinski definition) is 2. The van der Waals surface area contributed by atoms with E-state index in [1.165, 1.54) is 48.3 Å². The predicted molar refractivity (Wildman–Crippen MR) is 482 cm³/mol. The molecule has 0 saturated heterocycles. The van der Waals surface area contributed by atoms with Crippen LogP contribution in [0.25, 0.3) is 101 Å². The zero-order valence-electron chi connectivity index (χ0n) is 70.0. The Labute approximate surface area is 794 Å². The Kier molecular flexibility index (Phi) is 50.5. The maximum atomic E-state index is 11.5. The van der Waals surface area contributed by atoms with E-state index >= 15 is 0 Å². The minimum atomic E-state index is -0.417. The number of allylic oxidation sites excluding steroid dienone is 4. The van der Waals surface area contributed by atoms with Crippen LogP contribution in [-0.2, 0) is 110 Å². The SMILES string of the molecule is CC(=O)C=C(C)O.CC(C)(C)C(=O)C=C(O)C(C)(C)C.Cc1cccc(-c2[c-]ccc(-c3ccccc3)c2)n1.Cc1cccc(-c2[c-]cccc2)n1.[Ir].[Ir].[Ir].[Ir].[Ir].[c-]1ccc(-c2ccccc2)cc1-c1ccccn1.[c-]1ccccc1-c1ccccn1.[c-]1ccccc1-c1ccccn1.[c-]1ccccc1-c1ccccn1.[c-]1ccccc1-c1ccccn1. The van der Waals surface area contributed by atoms with Crippen molar-refractivity contribution in [2.24, 2.45) is 10.8 Å². The standard InChI is InChI=1S/C18H14N.C17H12N.C12H10N.4C11H8N.C11H20O2.C5H8O2.5Ir/c1-14-7-5-12-18(19-14)17-11-6-10-16(13-17)15-8-3-2-4-9-15;1-2-7-14(8-3-1)15-9-6-10-16(13-15)17-11-4-5-12-18-17;1-10-6-5-9-12(13-10)11-7-3-2-4-8-11;4*1-2-6-10(7-3-1)11-8-4-5-9-12-11;1-10(2,3)8(12)7-9(13)11(4,5)6;1-4(6)3-5(2)7;;;;;/h2-10,12-13H,1H3;1-9,11-13H;2-7,9H,1H3;4*1-6,8-9H;7,12H,1-6H3;3,6H,1-2H3;;;;;/q7*-1;;;;;;;. The molecule has 0 saturated carbocycles. The largest absolute Gasteiger partial charge is 0.512 e. The van der Waals surface area contributed by atoms with Gasteiger partial charge < -0.3 is 45.1 Å². The quantitative estimate of drug-likeness (QED) is 0.0719. The first-order valence-electron chi connectivity index (χ1n) is 38.4. The number of aryl methyl sites for hydroxylation is 2. The van der Waals surface area contributed by atoms with Crippen LogP contribution in [0.3, 0.4) is 0 Å². The fourth-order valence-corrected chi connectivity index (χ4v) is 10.5. The van der Waals surface area contributed by atoms with E-state index in [0.717, 1.165) is 90.2 Å². The smallest absolute Gasteiger partial charge is 0.164 e. The van der Waals surface area contributed by atoms with Crippen molar-refractivity contribution in [1.29, 1.82) is 0 Å². The molecular weight excluding hydrogens is 2410 g/mol. The Morgan fingerprint density at radius 2 is 0.537 bits per heavy atom. The average molecular weight is 2510 g/mol. The van der Waals surface area contributed by atoms with Gasteiger partial charge in [0.05, 0.1) is 5.76 Å². The van der Waals surface area contributed by atoms with Gasteiger partial charge in [0.2, 0.25) is 0 Å². The number of aliphatic hydroxyl groups is 2. The molecule has 0 amide bonds. The molecule has 0 aliphatic carbocycles. The molecule has 0 aliphatic heterocycles. The number of aliphatic hydroxyl groups excluding tert-OH is 2. The van der Waals surface area contributed by atoms with Crippen molar-refractivity contribution in [1.82, 2.24) is 34.9 Å². The summed E-state index contributed by atoms with van der Waals surface area (Å²) in [6, 6.07) is 136. The Balaban J connectivity index is 0.000000359. The van der Waals surface area contributed by atoms with Gasteiger partial charge in [-0.15, -0.1) is 250 Å². The first-order valence-corrected chi connectivity index (χ1v) is 38.4. The molecule has 7 heterocycles. The van der Waals surface area contributed by atoms with Crippen molar-refractivity contribution >= 4 is 11.6 Å². The van der Waals surface area contributed by atoms with Crippen LogP contribution < -0.4 is 0 Å². The second-order valence-electron chi connectivity index (χ2n) is 28.3. The molecule has 16 rings (SSSR count). The average Bonchev–Trinajstić information content (AvgIpc) is 0.840. The van der Waals surface area contributed by atoms with Gasteiger partial charge in [-0.25, -0.2) is 0 Å². The first-order chi connectivity index (χ1) is 57.2. The third-order valence-electron chi connectivity index (χ3n) is 16.6. The van der Waals surface area contributed by atoms with Crippen molar-refractivity contribution in [2.75, 3.05) is 0 Å². The molecule has 16 aromatic rings. The zero-order valence-corrected chi connectivity index (χ0v) is 81.9. The number of rotatable bonds is 11. The van der Waals surface area contributed by atoms with E-state index in [1.807, 2.05) is 341 Å². The Hall–Kier alpha value is -11.3. The molecule has 0 fully saturated rings. The van der Waals surface area contributed by atoms with Crippen LogP contribution in [0.1, 0.15) is 66.8 Å². The van der Waals surface area contributed by atoms with Gasteiger partial charge in [0, 0.05) is 166 Å². The molecule has 11 nitrogen and oxygen atoms in total. The van der Waals surface area contributed by atoms with Gasteiger partial charge in [-0.05, 0) is 121 Å². The molecule has 16 heteroatoms. The molecule has 0 atom stereocenters. The summed E-state index contributed by atoms with van der Waals surface area (Å²) in [4.78, 5) is 51.7. The van der Waals surface area contributed by atoms with Crippen molar-refractivity contribution in [2.45, 2.75) is 69.2 Å². The van der Waals surface area contributed by atoms with Crippen LogP contribution >= 0.6 is 0 Å². The Morgan fingerprint density at radius 1 is 0.276 bits per heavy atom. The second kappa shape index (κ2) is 58.7. The summed E-state index contributed by atoms with van der Waals surface area (Å²) < 4.78 is 0. The topological polar surface area (TPSA) is 165 Å². The van der Waals surface area contributed by atoms with Gasteiger partial charge in [-0.2, -0.15) is 0 Å². The molecule has 5 radical (unpaired) electrons. The van der Waals surface area contributed by atoms with E-state index in [0.29, 0.717) is 0 Å². The fourth-order valence-electron chi connectivity index (χ4n) is 10.5. The number of nitrogens with zero attached hydrogens (tertiary/aromatic N) is 7. The minimum absolute atomic E-state index is 0. The molecular formula is C107H96Ir5N7O4-7. The minimum Gasteiger partial charge on any atom is -0.512 e. The molecule has 0 bridgehead atoms. The second-order valence-corrected chi connectivity index (χ2v) is 28.3. The van der Waals surface area contributed by atoms with Crippen molar-refractivity contribution < 1.29 is 120 Å². The Bertz CT molecular complexity index is 5090. The Morgan fingerprint density at radius 3 is 0.780 bits per heavy atom. The van der Waals surface area contributed by atoms with Crippen LogP contribution in [-0.4, -0.2) is 56.7 Å². The summed E-state index contributed by atoms with van der Waals surface area (Å²) in [5, 5.41) is 17.9. The van der Waals surface area contributed by atoms with Gasteiger partial charge in [-0.1, -0.05) is 187 Å². The number of ketones is 2. The number of carbonyl (C=O) groups is 2. The van der Waals surface area contributed by atoms with Crippen LogP contribution in [0.5, 0.6) is 0 Å². The van der Waals surface area contributed by atoms with E-state index in [2.05, 4.69) is 138 Å². The molecule has 635 valence electrons. The van der Waals surface area contributed by atoms with E-state index in [1.54, 1.807) is 31.0 Å². The summed E-state index contributed by atoms with van der Waals surface area (Å²) in [7, 11) is 0. The van der Waals surface area contributed by atoms with E-state index in [9.17, 15) is 14.7 Å². The molecule has 0 unspecified atom stereocenters.